The van der Waals surface area contributed by atoms with E-state index in [9.17, 15) is 13.2 Å². The molecule has 0 N–H and O–H groups in total. The van der Waals surface area contributed by atoms with Crippen molar-refractivity contribution in [1.82, 2.24) is 4.90 Å². The highest BCUT2D eigenvalue weighted by Crippen LogP contribution is 2.22. The molecule has 140 valence electrons. The molecule has 2 aromatic carbocycles. The Morgan fingerprint density at radius 3 is 2.19 bits per heavy atom. The van der Waals surface area contributed by atoms with Crippen molar-refractivity contribution in [3.05, 3.63) is 65.7 Å². The van der Waals surface area contributed by atoms with Gasteiger partial charge in [0, 0.05) is 26.1 Å². The Hall–Kier alpha value is -2.34. The third kappa shape index (κ3) is 5.33. The SMILES string of the molecule is CCN(Cc1ccccc1)C(=O)CCN(c1ccccc1C)S(C)(=O)=O. The number of amides is 1. The van der Waals surface area contributed by atoms with Gasteiger partial charge in [0.05, 0.1) is 11.9 Å². The molecule has 1 amide bonds. The number of para-hydroxylation sites is 1. The van der Waals surface area contributed by atoms with Crippen LogP contribution >= 0.6 is 0 Å². The zero-order valence-electron chi connectivity index (χ0n) is 15.6. The number of anilines is 1. The summed E-state index contributed by atoms with van der Waals surface area (Å²) in [6.07, 6.45) is 1.31. The van der Waals surface area contributed by atoms with Gasteiger partial charge in [0.2, 0.25) is 15.9 Å². The summed E-state index contributed by atoms with van der Waals surface area (Å²) in [5.74, 6) is -0.0569. The van der Waals surface area contributed by atoms with E-state index in [1.54, 1.807) is 17.0 Å². The van der Waals surface area contributed by atoms with E-state index >= 15 is 0 Å². The summed E-state index contributed by atoms with van der Waals surface area (Å²) in [7, 11) is -3.46. The van der Waals surface area contributed by atoms with Crippen LogP contribution in [0.25, 0.3) is 0 Å². The number of carbonyl (C=O) groups is 1. The summed E-state index contributed by atoms with van der Waals surface area (Å²) in [6.45, 7) is 5.03. The number of nitrogens with zero attached hydrogens (tertiary/aromatic N) is 2. The van der Waals surface area contributed by atoms with Crippen LogP contribution < -0.4 is 4.31 Å². The summed E-state index contributed by atoms with van der Waals surface area (Å²) in [6, 6.07) is 17.1. The highest BCUT2D eigenvalue weighted by Gasteiger charge is 2.21. The fourth-order valence-electron chi connectivity index (χ4n) is 2.84. The largest absolute Gasteiger partial charge is 0.339 e. The molecular weight excluding hydrogens is 348 g/mol. The highest BCUT2D eigenvalue weighted by molar-refractivity contribution is 7.92. The normalized spacial score (nSPS) is 11.2. The topological polar surface area (TPSA) is 57.7 Å². The van der Waals surface area contributed by atoms with Crippen molar-refractivity contribution in [1.29, 1.82) is 0 Å². The van der Waals surface area contributed by atoms with Gasteiger partial charge in [-0.3, -0.25) is 9.10 Å². The van der Waals surface area contributed by atoms with E-state index in [2.05, 4.69) is 0 Å². The molecule has 0 aliphatic carbocycles. The Labute approximate surface area is 156 Å². The third-order valence-corrected chi connectivity index (χ3v) is 5.44. The lowest BCUT2D eigenvalue weighted by molar-refractivity contribution is -0.131. The molecule has 0 unspecified atom stereocenters. The molecular formula is C20H26N2O3S. The number of rotatable bonds is 8. The van der Waals surface area contributed by atoms with E-state index in [1.165, 1.54) is 10.6 Å². The zero-order valence-corrected chi connectivity index (χ0v) is 16.4. The van der Waals surface area contributed by atoms with Gasteiger partial charge in [-0.05, 0) is 31.0 Å². The van der Waals surface area contributed by atoms with Crippen LogP contribution in [0.15, 0.2) is 54.6 Å². The fraction of sp³-hybridized carbons (Fsp3) is 0.350. The smallest absolute Gasteiger partial charge is 0.232 e. The number of benzene rings is 2. The van der Waals surface area contributed by atoms with Crippen molar-refractivity contribution in [3.8, 4) is 0 Å². The quantitative estimate of drug-likeness (QED) is 0.713. The van der Waals surface area contributed by atoms with E-state index in [4.69, 9.17) is 0 Å². The van der Waals surface area contributed by atoms with Gasteiger partial charge in [-0.1, -0.05) is 48.5 Å². The molecule has 0 fully saturated rings. The van der Waals surface area contributed by atoms with Gasteiger partial charge in [0.25, 0.3) is 0 Å². The van der Waals surface area contributed by atoms with Crippen LogP contribution in [0.2, 0.25) is 0 Å². The second kappa shape index (κ2) is 8.85. The van der Waals surface area contributed by atoms with Gasteiger partial charge >= 0.3 is 0 Å². The Balaban J connectivity index is 2.10. The summed E-state index contributed by atoms with van der Waals surface area (Å²) < 4.78 is 25.8. The molecule has 0 heterocycles. The third-order valence-electron chi connectivity index (χ3n) is 4.26. The number of aryl methyl sites for hydroxylation is 1. The van der Waals surface area contributed by atoms with Crippen LogP contribution in [-0.4, -0.2) is 38.6 Å². The maximum atomic E-state index is 12.6. The molecule has 0 bridgehead atoms. The molecule has 26 heavy (non-hydrogen) atoms. The Kier molecular flexibility index (Phi) is 6.80. The minimum absolute atomic E-state index is 0.0569. The average molecular weight is 375 g/mol. The Morgan fingerprint density at radius 2 is 1.62 bits per heavy atom. The second-order valence-corrected chi connectivity index (χ2v) is 8.17. The maximum absolute atomic E-state index is 12.6. The molecule has 6 heteroatoms. The molecule has 0 spiro atoms. The van der Waals surface area contributed by atoms with Crippen LogP contribution in [0, 0.1) is 6.92 Å². The Morgan fingerprint density at radius 1 is 1.00 bits per heavy atom. The maximum Gasteiger partial charge on any atom is 0.232 e. The molecule has 2 aromatic rings. The van der Waals surface area contributed by atoms with Crippen molar-refractivity contribution in [2.45, 2.75) is 26.8 Å². The van der Waals surface area contributed by atoms with Gasteiger partial charge in [0.15, 0.2) is 0 Å². The van der Waals surface area contributed by atoms with Crippen molar-refractivity contribution in [2.75, 3.05) is 23.7 Å². The van der Waals surface area contributed by atoms with Crippen molar-refractivity contribution in [3.63, 3.8) is 0 Å². The van der Waals surface area contributed by atoms with E-state index < -0.39 is 10.0 Å². The first-order chi connectivity index (χ1) is 12.3. The van der Waals surface area contributed by atoms with Crippen molar-refractivity contribution >= 4 is 21.6 Å². The lowest BCUT2D eigenvalue weighted by Crippen LogP contribution is -2.36. The van der Waals surface area contributed by atoms with Crippen LogP contribution in [-0.2, 0) is 21.4 Å². The number of sulfonamides is 1. The average Bonchev–Trinajstić information content (AvgIpc) is 2.61. The minimum Gasteiger partial charge on any atom is -0.339 e. The predicted molar refractivity (Wildman–Crippen MR) is 106 cm³/mol. The molecule has 0 aromatic heterocycles. The first-order valence-corrected chi connectivity index (χ1v) is 10.5. The van der Waals surface area contributed by atoms with Gasteiger partial charge in [-0.25, -0.2) is 8.42 Å². The van der Waals surface area contributed by atoms with Gasteiger partial charge in [0.1, 0.15) is 0 Å². The van der Waals surface area contributed by atoms with E-state index in [1.807, 2.05) is 56.3 Å². The summed E-state index contributed by atoms with van der Waals surface area (Å²) >= 11 is 0. The predicted octanol–water partition coefficient (Wildman–Crippen LogP) is 3.20. The lowest BCUT2D eigenvalue weighted by atomic mass is 10.2. The molecule has 0 saturated heterocycles. The first kappa shape index (κ1) is 20.0. The Bertz CT molecular complexity index is 835. The monoisotopic (exact) mass is 374 g/mol. The molecule has 0 aliphatic heterocycles. The number of carbonyl (C=O) groups excluding carboxylic acids is 1. The van der Waals surface area contributed by atoms with Gasteiger partial charge in [-0.15, -0.1) is 0 Å². The van der Waals surface area contributed by atoms with Gasteiger partial charge < -0.3 is 4.90 Å². The first-order valence-electron chi connectivity index (χ1n) is 8.68. The number of hydrogen-bond donors (Lipinski definition) is 0. The van der Waals surface area contributed by atoms with Gasteiger partial charge in [-0.2, -0.15) is 0 Å². The summed E-state index contributed by atoms with van der Waals surface area (Å²) in [5, 5.41) is 0. The minimum atomic E-state index is -3.46. The van der Waals surface area contributed by atoms with Crippen LogP contribution in [0.4, 0.5) is 5.69 Å². The van der Waals surface area contributed by atoms with E-state index in [0.29, 0.717) is 18.8 Å². The second-order valence-electron chi connectivity index (χ2n) is 6.27. The molecule has 0 aliphatic rings. The summed E-state index contributed by atoms with van der Waals surface area (Å²) in [5.41, 5.74) is 2.54. The van der Waals surface area contributed by atoms with E-state index in [0.717, 1.165) is 11.1 Å². The molecule has 0 atom stereocenters. The fourth-order valence-corrected chi connectivity index (χ4v) is 3.83. The van der Waals surface area contributed by atoms with Crippen LogP contribution in [0.5, 0.6) is 0 Å². The van der Waals surface area contributed by atoms with E-state index in [-0.39, 0.29) is 18.9 Å². The molecule has 0 radical (unpaired) electrons. The van der Waals surface area contributed by atoms with Crippen LogP contribution in [0.1, 0.15) is 24.5 Å². The lowest BCUT2D eigenvalue weighted by Gasteiger charge is -2.26. The molecule has 5 nitrogen and oxygen atoms in total. The van der Waals surface area contributed by atoms with Crippen molar-refractivity contribution in [2.24, 2.45) is 0 Å². The number of hydrogen-bond acceptors (Lipinski definition) is 3. The van der Waals surface area contributed by atoms with Crippen molar-refractivity contribution < 1.29 is 13.2 Å². The zero-order chi connectivity index (χ0) is 19.2. The molecule has 2 rings (SSSR count). The summed E-state index contributed by atoms with van der Waals surface area (Å²) in [4.78, 5) is 14.4. The standard InChI is InChI=1S/C20H26N2O3S/c1-4-21(16-18-11-6-5-7-12-18)20(23)14-15-22(26(3,24)25)19-13-9-8-10-17(19)2/h5-13H,4,14-16H2,1-3H3. The van der Waals surface area contributed by atoms with Crippen LogP contribution in [0.3, 0.4) is 0 Å². The highest BCUT2D eigenvalue weighted by atomic mass is 32.2. The molecule has 0 saturated carbocycles.